The van der Waals surface area contributed by atoms with E-state index in [1.165, 1.54) is 0 Å². The summed E-state index contributed by atoms with van der Waals surface area (Å²) in [6.07, 6.45) is 0.146. The summed E-state index contributed by atoms with van der Waals surface area (Å²) in [5.74, 6) is 0.826. The van der Waals surface area contributed by atoms with Gasteiger partial charge in [-0.2, -0.15) is 0 Å². The lowest BCUT2D eigenvalue weighted by Gasteiger charge is -2.44. The Morgan fingerprint density at radius 1 is 1.32 bits per heavy atom. The highest BCUT2D eigenvalue weighted by molar-refractivity contribution is 5.62. The smallest absolute Gasteiger partial charge is 0.123 e. The maximum atomic E-state index is 5.99. The van der Waals surface area contributed by atoms with Crippen LogP contribution in [0.5, 0.6) is 5.75 Å². The van der Waals surface area contributed by atoms with Gasteiger partial charge in [-0.05, 0) is 33.8 Å². The van der Waals surface area contributed by atoms with Crippen molar-refractivity contribution in [3.05, 3.63) is 18.2 Å². The summed E-state index contributed by atoms with van der Waals surface area (Å²) in [5, 5.41) is 0. The van der Waals surface area contributed by atoms with Crippen LogP contribution in [-0.2, 0) is 4.74 Å². The maximum absolute atomic E-state index is 5.99. The average molecular weight is 264 g/mol. The molecule has 0 atom stereocenters. The van der Waals surface area contributed by atoms with Crippen molar-refractivity contribution in [2.75, 3.05) is 30.4 Å². The van der Waals surface area contributed by atoms with Gasteiger partial charge in [0, 0.05) is 30.1 Å². The van der Waals surface area contributed by atoms with E-state index in [9.17, 15) is 0 Å². The Morgan fingerprint density at radius 2 is 2.05 bits per heavy atom. The Bertz CT molecular complexity index is 444. The minimum atomic E-state index is -0.0266. The van der Waals surface area contributed by atoms with Gasteiger partial charge in [-0.1, -0.05) is 0 Å². The lowest BCUT2D eigenvalue weighted by Crippen LogP contribution is -2.53. The predicted molar refractivity (Wildman–Crippen MR) is 78.9 cm³/mol. The summed E-state index contributed by atoms with van der Waals surface area (Å²) < 4.78 is 11.3. The van der Waals surface area contributed by atoms with Gasteiger partial charge < -0.3 is 20.1 Å². The van der Waals surface area contributed by atoms with E-state index in [4.69, 9.17) is 15.2 Å². The van der Waals surface area contributed by atoms with Crippen molar-refractivity contribution in [2.45, 2.75) is 39.3 Å². The molecule has 19 heavy (non-hydrogen) atoms. The van der Waals surface area contributed by atoms with Crippen LogP contribution < -0.4 is 15.4 Å². The fourth-order valence-electron chi connectivity index (χ4n) is 2.44. The van der Waals surface area contributed by atoms with Crippen LogP contribution >= 0.6 is 0 Å². The molecule has 2 rings (SSSR count). The Hall–Kier alpha value is -1.42. The maximum Gasteiger partial charge on any atom is 0.123 e. The molecule has 0 aromatic heterocycles. The van der Waals surface area contributed by atoms with Gasteiger partial charge in [0.2, 0.25) is 0 Å². The number of ether oxygens (including phenoxy) is 2. The Balaban J connectivity index is 2.30. The zero-order valence-corrected chi connectivity index (χ0v) is 12.3. The third-order valence-electron chi connectivity index (χ3n) is 3.24. The molecule has 1 aliphatic rings. The van der Waals surface area contributed by atoms with Gasteiger partial charge in [0.25, 0.3) is 0 Å². The summed E-state index contributed by atoms with van der Waals surface area (Å²) in [7, 11) is 0. The minimum Gasteiger partial charge on any atom is -0.491 e. The first-order chi connectivity index (χ1) is 8.88. The van der Waals surface area contributed by atoms with E-state index < -0.39 is 0 Å². The first kappa shape index (κ1) is 14.0. The minimum absolute atomic E-state index is 0.0266. The van der Waals surface area contributed by atoms with Crippen LogP contribution in [-0.4, -0.2) is 31.4 Å². The molecule has 106 valence electrons. The summed E-state index contributed by atoms with van der Waals surface area (Å²) >= 11 is 0. The normalized spacial score (nSPS) is 18.7. The molecule has 0 spiro atoms. The van der Waals surface area contributed by atoms with Crippen LogP contribution in [0.3, 0.4) is 0 Å². The number of morpholine rings is 1. The van der Waals surface area contributed by atoms with E-state index in [-0.39, 0.29) is 11.6 Å². The lowest BCUT2D eigenvalue weighted by molar-refractivity contribution is 0.0644. The molecule has 0 unspecified atom stereocenters. The number of hydrogen-bond acceptors (Lipinski definition) is 4. The second-order valence-corrected chi connectivity index (χ2v) is 5.94. The number of rotatable bonds is 3. The largest absolute Gasteiger partial charge is 0.491 e. The standard InChI is InChI=1S/C15H24N2O2/c1-11(2)19-14-8-12(16)7-13(9-14)17-5-6-18-10-15(17,3)4/h7-9,11H,5-6,10,16H2,1-4H3. The lowest BCUT2D eigenvalue weighted by atomic mass is 10.0. The summed E-state index contributed by atoms with van der Waals surface area (Å²) in [6, 6.07) is 5.93. The fourth-order valence-corrected chi connectivity index (χ4v) is 2.44. The van der Waals surface area contributed by atoms with E-state index in [0.29, 0.717) is 0 Å². The number of nitrogens with zero attached hydrogens (tertiary/aromatic N) is 1. The third kappa shape index (κ3) is 3.32. The molecule has 1 aromatic rings. The Labute approximate surface area is 115 Å². The van der Waals surface area contributed by atoms with Crippen molar-refractivity contribution < 1.29 is 9.47 Å². The third-order valence-corrected chi connectivity index (χ3v) is 3.24. The zero-order chi connectivity index (χ0) is 14.0. The summed E-state index contributed by atoms with van der Waals surface area (Å²) in [5.41, 5.74) is 7.80. The van der Waals surface area contributed by atoms with Crippen LogP contribution in [0.2, 0.25) is 0 Å². The van der Waals surface area contributed by atoms with Gasteiger partial charge in [0.1, 0.15) is 5.75 Å². The van der Waals surface area contributed by atoms with E-state index in [1.807, 2.05) is 26.0 Å². The van der Waals surface area contributed by atoms with Gasteiger partial charge in [0.05, 0.1) is 24.9 Å². The number of benzene rings is 1. The van der Waals surface area contributed by atoms with Gasteiger partial charge in [-0.3, -0.25) is 0 Å². The zero-order valence-electron chi connectivity index (χ0n) is 12.3. The van der Waals surface area contributed by atoms with Crippen molar-refractivity contribution in [1.82, 2.24) is 0 Å². The van der Waals surface area contributed by atoms with Crippen molar-refractivity contribution in [2.24, 2.45) is 0 Å². The second kappa shape index (κ2) is 5.29. The average Bonchev–Trinajstić information content (AvgIpc) is 2.26. The molecule has 0 amide bonds. The van der Waals surface area contributed by atoms with E-state index in [2.05, 4.69) is 24.8 Å². The second-order valence-electron chi connectivity index (χ2n) is 5.94. The van der Waals surface area contributed by atoms with Crippen molar-refractivity contribution in [3.63, 3.8) is 0 Å². The molecule has 0 aliphatic carbocycles. The van der Waals surface area contributed by atoms with Crippen molar-refractivity contribution >= 4 is 11.4 Å². The molecule has 0 bridgehead atoms. The number of nitrogens with two attached hydrogens (primary N) is 1. The molecule has 1 aromatic carbocycles. The van der Waals surface area contributed by atoms with E-state index >= 15 is 0 Å². The van der Waals surface area contributed by atoms with E-state index in [0.717, 1.165) is 36.9 Å². The quantitative estimate of drug-likeness (QED) is 0.853. The van der Waals surface area contributed by atoms with Crippen LogP contribution in [0.1, 0.15) is 27.7 Å². The molecular formula is C15H24N2O2. The first-order valence-corrected chi connectivity index (χ1v) is 6.81. The molecule has 0 saturated carbocycles. The molecule has 1 fully saturated rings. The van der Waals surface area contributed by atoms with Crippen LogP contribution in [0, 0.1) is 0 Å². The van der Waals surface area contributed by atoms with Crippen molar-refractivity contribution in [1.29, 1.82) is 0 Å². The molecule has 0 radical (unpaired) electrons. The van der Waals surface area contributed by atoms with Crippen LogP contribution in [0.15, 0.2) is 18.2 Å². The molecule has 1 saturated heterocycles. The topological polar surface area (TPSA) is 47.7 Å². The number of anilines is 2. The number of hydrogen-bond donors (Lipinski definition) is 1. The van der Waals surface area contributed by atoms with Crippen LogP contribution in [0.25, 0.3) is 0 Å². The first-order valence-electron chi connectivity index (χ1n) is 6.81. The highest BCUT2D eigenvalue weighted by atomic mass is 16.5. The van der Waals surface area contributed by atoms with Gasteiger partial charge >= 0.3 is 0 Å². The predicted octanol–water partition coefficient (Wildman–Crippen LogP) is 2.67. The summed E-state index contributed by atoms with van der Waals surface area (Å²) in [6.45, 7) is 10.7. The Morgan fingerprint density at radius 3 is 2.68 bits per heavy atom. The Kier molecular flexibility index (Phi) is 3.90. The van der Waals surface area contributed by atoms with Crippen molar-refractivity contribution in [3.8, 4) is 5.75 Å². The molecular weight excluding hydrogens is 240 g/mol. The molecule has 1 aliphatic heterocycles. The molecule has 4 nitrogen and oxygen atoms in total. The highest BCUT2D eigenvalue weighted by Gasteiger charge is 2.31. The fraction of sp³-hybridized carbons (Fsp3) is 0.600. The molecule has 1 heterocycles. The van der Waals surface area contributed by atoms with Gasteiger partial charge in [-0.15, -0.1) is 0 Å². The SMILES string of the molecule is CC(C)Oc1cc(N)cc(N2CCOCC2(C)C)c1. The number of nitrogen functional groups attached to an aromatic ring is 1. The highest BCUT2D eigenvalue weighted by Crippen LogP contribution is 2.32. The van der Waals surface area contributed by atoms with Gasteiger partial charge in [0.15, 0.2) is 0 Å². The van der Waals surface area contributed by atoms with Gasteiger partial charge in [-0.25, -0.2) is 0 Å². The van der Waals surface area contributed by atoms with E-state index in [1.54, 1.807) is 0 Å². The molecule has 4 heteroatoms. The monoisotopic (exact) mass is 264 g/mol. The van der Waals surface area contributed by atoms with Crippen LogP contribution in [0.4, 0.5) is 11.4 Å². The summed E-state index contributed by atoms with van der Waals surface area (Å²) in [4.78, 5) is 2.33. The molecule has 2 N–H and O–H groups in total.